The summed E-state index contributed by atoms with van der Waals surface area (Å²) in [7, 11) is 0. The molecule has 1 aliphatic heterocycles. The predicted molar refractivity (Wildman–Crippen MR) is 91.8 cm³/mol. The maximum atomic E-state index is 12.9. The van der Waals surface area contributed by atoms with Gasteiger partial charge in [0.05, 0.1) is 35.4 Å². The minimum Gasteiger partial charge on any atom is -0.373 e. The van der Waals surface area contributed by atoms with Crippen molar-refractivity contribution in [3.63, 3.8) is 0 Å². The molecule has 3 rings (SSSR count). The van der Waals surface area contributed by atoms with Crippen LogP contribution in [0.25, 0.3) is 0 Å². The SMILES string of the molecule is Cc1cc(C)n(CC2CN(c3ccc(C(F)(F)F)cc3[N+](=O)[O-])CCO2)n1. The summed E-state index contributed by atoms with van der Waals surface area (Å²) in [5.74, 6) is 0. The van der Waals surface area contributed by atoms with E-state index in [2.05, 4.69) is 5.10 Å². The van der Waals surface area contributed by atoms with Gasteiger partial charge in [-0.05, 0) is 32.0 Å². The van der Waals surface area contributed by atoms with E-state index in [-0.39, 0.29) is 11.8 Å². The zero-order chi connectivity index (χ0) is 19.8. The van der Waals surface area contributed by atoms with Gasteiger partial charge in [0, 0.05) is 24.8 Å². The number of nitrogens with zero attached hydrogens (tertiary/aromatic N) is 4. The molecule has 146 valence electrons. The predicted octanol–water partition coefficient (Wildman–Crippen LogP) is 3.33. The Bertz CT molecular complexity index is 850. The minimum atomic E-state index is -4.63. The van der Waals surface area contributed by atoms with Gasteiger partial charge >= 0.3 is 6.18 Å². The average molecular weight is 384 g/mol. The number of benzene rings is 1. The number of morpholine rings is 1. The van der Waals surface area contributed by atoms with E-state index < -0.39 is 22.4 Å². The summed E-state index contributed by atoms with van der Waals surface area (Å²) < 4.78 is 46.2. The van der Waals surface area contributed by atoms with E-state index in [4.69, 9.17) is 4.74 Å². The van der Waals surface area contributed by atoms with Gasteiger partial charge in [-0.25, -0.2) is 0 Å². The van der Waals surface area contributed by atoms with Crippen LogP contribution in [0.4, 0.5) is 24.5 Å². The van der Waals surface area contributed by atoms with Gasteiger partial charge in [-0.15, -0.1) is 0 Å². The Morgan fingerprint density at radius 1 is 1.33 bits per heavy atom. The summed E-state index contributed by atoms with van der Waals surface area (Å²) in [6, 6.07) is 4.54. The lowest BCUT2D eigenvalue weighted by Crippen LogP contribution is -2.44. The van der Waals surface area contributed by atoms with Crippen LogP contribution in [-0.2, 0) is 17.5 Å². The molecule has 0 radical (unpaired) electrons. The smallest absolute Gasteiger partial charge is 0.373 e. The van der Waals surface area contributed by atoms with Crippen molar-refractivity contribution in [3.8, 4) is 0 Å². The first-order valence-electron chi connectivity index (χ1n) is 8.38. The Morgan fingerprint density at radius 2 is 2.07 bits per heavy atom. The molecule has 1 saturated heterocycles. The van der Waals surface area contributed by atoms with Gasteiger partial charge in [0.15, 0.2) is 0 Å². The van der Waals surface area contributed by atoms with E-state index in [0.717, 1.165) is 23.5 Å². The molecule has 0 N–H and O–H groups in total. The molecule has 0 aliphatic carbocycles. The van der Waals surface area contributed by atoms with E-state index in [0.29, 0.717) is 32.3 Å². The van der Waals surface area contributed by atoms with Crippen LogP contribution in [0.5, 0.6) is 0 Å². The number of alkyl halides is 3. The summed E-state index contributed by atoms with van der Waals surface area (Å²) in [5, 5.41) is 15.7. The van der Waals surface area contributed by atoms with E-state index >= 15 is 0 Å². The van der Waals surface area contributed by atoms with Crippen LogP contribution in [0.2, 0.25) is 0 Å². The summed E-state index contributed by atoms with van der Waals surface area (Å²) in [4.78, 5) is 12.2. The molecule has 0 spiro atoms. The molecular formula is C17H19F3N4O3. The topological polar surface area (TPSA) is 73.4 Å². The number of hydrogen-bond acceptors (Lipinski definition) is 5. The van der Waals surface area contributed by atoms with E-state index in [1.165, 1.54) is 0 Å². The molecule has 1 atom stereocenters. The standard InChI is InChI=1S/C17H19F3N4O3/c1-11-7-12(2)23(21-11)10-14-9-22(5-6-27-14)15-4-3-13(17(18,19)20)8-16(15)24(25)26/h3-4,7-8,14H,5-6,9-10H2,1-2H3. The lowest BCUT2D eigenvalue weighted by atomic mass is 10.1. The van der Waals surface area contributed by atoms with Crippen molar-refractivity contribution in [2.24, 2.45) is 0 Å². The fourth-order valence-corrected chi connectivity index (χ4v) is 3.21. The van der Waals surface area contributed by atoms with Crippen LogP contribution in [0.15, 0.2) is 24.3 Å². The Kier molecular flexibility index (Phi) is 5.09. The molecule has 0 bridgehead atoms. The molecule has 2 aromatic rings. The summed E-state index contributed by atoms with van der Waals surface area (Å²) in [5.41, 5.74) is 0.406. The van der Waals surface area contributed by atoms with Crippen molar-refractivity contribution in [3.05, 3.63) is 51.3 Å². The van der Waals surface area contributed by atoms with Crippen molar-refractivity contribution in [1.82, 2.24) is 9.78 Å². The van der Waals surface area contributed by atoms with Gasteiger partial charge in [-0.3, -0.25) is 14.8 Å². The minimum absolute atomic E-state index is 0.162. The van der Waals surface area contributed by atoms with Crippen LogP contribution in [0.3, 0.4) is 0 Å². The third-order valence-electron chi connectivity index (χ3n) is 4.46. The molecule has 0 amide bonds. The Morgan fingerprint density at radius 3 is 2.67 bits per heavy atom. The number of aryl methyl sites for hydroxylation is 2. The van der Waals surface area contributed by atoms with Gasteiger partial charge in [0.25, 0.3) is 5.69 Å². The zero-order valence-corrected chi connectivity index (χ0v) is 14.9. The first kappa shape index (κ1) is 19.2. The number of hydrogen-bond donors (Lipinski definition) is 0. The Hall–Kier alpha value is -2.62. The van der Waals surface area contributed by atoms with Crippen molar-refractivity contribution in [2.45, 2.75) is 32.7 Å². The van der Waals surface area contributed by atoms with Crippen LogP contribution in [0.1, 0.15) is 17.0 Å². The van der Waals surface area contributed by atoms with Crippen molar-refractivity contribution in [1.29, 1.82) is 0 Å². The molecule has 2 heterocycles. The normalized spacial score (nSPS) is 18.0. The molecule has 10 heteroatoms. The number of rotatable bonds is 4. The lowest BCUT2D eigenvalue weighted by molar-refractivity contribution is -0.384. The van der Waals surface area contributed by atoms with Gasteiger partial charge in [-0.1, -0.05) is 0 Å². The van der Waals surface area contributed by atoms with Crippen LogP contribution < -0.4 is 4.90 Å². The Balaban J connectivity index is 1.83. The van der Waals surface area contributed by atoms with Crippen LogP contribution in [-0.4, -0.2) is 40.5 Å². The van der Waals surface area contributed by atoms with Gasteiger partial charge in [-0.2, -0.15) is 18.3 Å². The van der Waals surface area contributed by atoms with Crippen LogP contribution in [0, 0.1) is 24.0 Å². The van der Waals surface area contributed by atoms with E-state index in [1.807, 2.05) is 19.9 Å². The number of nitro groups is 1. The summed E-state index contributed by atoms with van der Waals surface area (Å²) in [6.07, 6.45) is -4.91. The maximum absolute atomic E-state index is 12.9. The van der Waals surface area contributed by atoms with Gasteiger partial charge in [0.2, 0.25) is 0 Å². The third kappa shape index (κ3) is 4.21. The number of ether oxygens (including phenoxy) is 1. The van der Waals surface area contributed by atoms with E-state index in [1.54, 1.807) is 9.58 Å². The second-order valence-electron chi connectivity index (χ2n) is 6.51. The molecule has 1 aromatic carbocycles. The summed E-state index contributed by atoms with van der Waals surface area (Å²) in [6.45, 7) is 5.27. The average Bonchev–Trinajstić information content (AvgIpc) is 2.91. The highest BCUT2D eigenvalue weighted by Crippen LogP contribution is 2.37. The summed E-state index contributed by atoms with van der Waals surface area (Å²) >= 11 is 0. The quantitative estimate of drug-likeness (QED) is 0.597. The number of nitro benzene ring substituents is 1. The fraction of sp³-hybridized carbons (Fsp3) is 0.471. The Labute approximate surface area is 153 Å². The molecule has 27 heavy (non-hydrogen) atoms. The monoisotopic (exact) mass is 384 g/mol. The fourth-order valence-electron chi connectivity index (χ4n) is 3.21. The molecule has 7 nitrogen and oxygen atoms in total. The molecular weight excluding hydrogens is 365 g/mol. The second-order valence-corrected chi connectivity index (χ2v) is 6.51. The van der Waals surface area contributed by atoms with Crippen molar-refractivity contribution < 1.29 is 22.8 Å². The molecule has 0 saturated carbocycles. The number of aromatic nitrogens is 2. The van der Waals surface area contributed by atoms with Gasteiger partial charge in [0.1, 0.15) is 5.69 Å². The van der Waals surface area contributed by atoms with Crippen molar-refractivity contribution >= 4 is 11.4 Å². The van der Waals surface area contributed by atoms with Crippen LogP contribution >= 0.6 is 0 Å². The van der Waals surface area contributed by atoms with Crippen molar-refractivity contribution in [2.75, 3.05) is 24.6 Å². The first-order valence-corrected chi connectivity index (χ1v) is 8.38. The molecule has 1 aromatic heterocycles. The highest BCUT2D eigenvalue weighted by molar-refractivity contribution is 5.65. The second kappa shape index (κ2) is 7.18. The zero-order valence-electron chi connectivity index (χ0n) is 14.9. The maximum Gasteiger partial charge on any atom is 0.416 e. The molecule has 1 aliphatic rings. The lowest BCUT2D eigenvalue weighted by Gasteiger charge is -2.34. The van der Waals surface area contributed by atoms with E-state index in [9.17, 15) is 23.3 Å². The third-order valence-corrected chi connectivity index (χ3v) is 4.46. The molecule has 1 unspecified atom stereocenters. The first-order chi connectivity index (χ1) is 12.6. The highest BCUT2D eigenvalue weighted by atomic mass is 19.4. The highest BCUT2D eigenvalue weighted by Gasteiger charge is 2.34. The largest absolute Gasteiger partial charge is 0.416 e. The molecule has 1 fully saturated rings. The number of anilines is 1. The van der Waals surface area contributed by atoms with Gasteiger partial charge < -0.3 is 9.64 Å². The number of halogens is 3.